The minimum atomic E-state index is -3.53. The number of hydrogen-bond acceptors (Lipinski definition) is 3. The van der Waals surface area contributed by atoms with Gasteiger partial charge in [0.05, 0.1) is 18.0 Å². The van der Waals surface area contributed by atoms with Crippen LogP contribution in [-0.2, 0) is 14.8 Å². The molecule has 0 saturated carbocycles. The maximum atomic E-state index is 12.7. The Kier molecular flexibility index (Phi) is 7.61. The van der Waals surface area contributed by atoms with Crippen LogP contribution >= 0.6 is 0 Å². The molecule has 1 aliphatic heterocycles. The lowest BCUT2D eigenvalue weighted by Crippen LogP contribution is -3.12. The van der Waals surface area contributed by atoms with Crippen molar-refractivity contribution in [3.05, 3.63) is 23.8 Å². The zero-order chi connectivity index (χ0) is 19.2. The van der Waals surface area contributed by atoms with Crippen molar-refractivity contribution in [3.8, 4) is 0 Å². The summed E-state index contributed by atoms with van der Waals surface area (Å²) in [5, 5.41) is 2.92. The summed E-state index contributed by atoms with van der Waals surface area (Å²) >= 11 is 0. The summed E-state index contributed by atoms with van der Waals surface area (Å²) in [6, 6.07) is 4.95. The number of benzene rings is 1. The zero-order valence-electron chi connectivity index (χ0n) is 16.2. The molecule has 146 valence electrons. The highest BCUT2D eigenvalue weighted by atomic mass is 32.2. The molecular formula is C19H32N3O3S+. The third kappa shape index (κ3) is 5.28. The van der Waals surface area contributed by atoms with Gasteiger partial charge in [0.25, 0.3) is 5.91 Å². The van der Waals surface area contributed by atoms with Crippen molar-refractivity contribution in [2.45, 2.75) is 51.3 Å². The molecule has 1 fully saturated rings. The first-order valence-corrected chi connectivity index (χ1v) is 11.1. The molecular weight excluding hydrogens is 350 g/mol. The zero-order valence-corrected chi connectivity index (χ0v) is 17.0. The van der Waals surface area contributed by atoms with Crippen LogP contribution in [0, 0.1) is 6.92 Å². The summed E-state index contributed by atoms with van der Waals surface area (Å²) in [4.78, 5) is 14.0. The van der Waals surface area contributed by atoms with Crippen LogP contribution in [0.1, 0.15) is 45.1 Å². The van der Waals surface area contributed by atoms with Crippen molar-refractivity contribution in [3.63, 3.8) is 0 Å². The molecule has 7 heteroatoms. The molecule has 1 aromatic carbocycles. The minimum absolute atomic E-state index is 0.0533. The number of carbonyl (C=O) groups is 1. The number of anilines is 1. The van der Waals surface area contributed by atoms with Crippen molar-refractivity contribution in [1.29, 1.82) is 0 Å². The van der Waals surface area contributed by atoms with Crippen LogP contribution < -0.4 is 10.2 Å². The largest absolute Gasteiger partial charge is 0.327 e. The smallest absolute Gasteiger partial charge is 0.279 e. The van der Waals surface area contributed by atoms with Crippen LogP contribution in [0.2, 0.25) is 0 Å². The first kappa shape index (κ1) is 20.9. The normalized spacial score (nSPS) is 16.5. The van der Waals surface area contributed by atoms with Gasteiger partial charge in [0.15, 0.2) is 6.54 Å². The molecule has 0 spiro atoms. The van der Waals surface area contributed by atoms with Crippen LogP contribution in [-0.4, -0.2) is 51.4 Å². The lowest BCUT2D eigenvalue weighted by molar-refractivity contribution is -0.890. The third-order valence-corrected chi connectivity index (χ3v) is 7.09. The molecule has 1 aliphatic rings. The van der Waals surface area contributed by atoms with Crippen molar-refractivity contribution >= 4 is 21.6 Å². The predicted octanol–water partition coefficient (Wildman–Crippen LogP) is 1.42. The van der Waals surface area contributed by atoms with Crippen LogP contribution in [0.3, 0.4) is 0 Å². The maximum Gasteiger partial charge on any atom is 0.279 e. The van der Waals surface area contributed by atoms with Gasteiger partial charge in [-0.1, -0.05) is 19.9 Å². The molecule has 1 aromatic rings. The molecule has 6 nitrogen and oxygen atoms in total. The highest BCUT2D eigenvalue weighted by Crippen LogP contribution is 2.22. The second-order valence-corrected chi connectivity index (χ2v) is 8.89. The summed E-state index contributed by atoms with van der Waals surface area (Å²) in [5.41, 5.74) is 1.44. The van der Waals surface area contributed by atoms with E-state index < -0.39 is 10.0 Å². The van der Waals surface area contributed by atoms with Crippen LogP contribution in [0.25, 0.3) is 0 Å². The summed E-state index contributed by atoms with van der Waals surface area (Å²) in [7, 11) is -3.53. The van der Waals surface area contributed by atoms with E-state index in [1.165, 1.54) is 34.9 Å². The fourth-order valence-corrected chi connectivity index (χ4v) is 4.92. The number of hydrogen-bond donors (Lipinski definition) is 2. The number of amides is 1. The van der Waals surface area contributed by atoms with E-state index in [1.807, 2.05) is 20.8 Å². The highest BCUT2D eigenvalue weighted by molar-refractivity contribution is 7.89. The lowest BCUT2D eigenvalue weighted by Gasteiger charge is -2.20. The van der Waals surface area contributed by atoms with Crippen LogP contribution in [0.15, 0.2) is 23.1 Å². The third-order valence-electron chi connectivity index (χ3n) is 5.05. The van der Waals surface area contributed by atoms with E-state index in [9.17, 15) is 13.2 Å². The summed E-state index contributed by atoms with van der Waals surface area (Å²) in [6.45, 7) is 8.86. The van der Waals surface area contributed by atoms with Crippen molar-refractivity contribution in [2.24, 2.45) is 0 Å². The number of likely N-dealkylation sites (tertiary alicyclic amines) is 1. The molecule has 0 bridgehead atoms. The van der Waals surface area contributed by atoms with Gasteiger partial charge in [-0.25, -0.2) is 8.42 Å². The van der Waals surface area contributed by atoms with E-state index >= 15 is 0 Å². The van der Waals surface area contributed by atoms with Gasteiger partial charge in [0.2, 0.25) is 10.0 Å². The van der Waals surface area contributed by atoms with Gasteiger partial charge >= 0.3 is 0 Å². The molecule has 1 amide bonds. The SMILES string of the molecule is CCN(CC)S(=O)(=O)c1ccc(C)c(NC(=O)C[NH+]2CCCCCC2)c1. The predicted molar refractivity (Wildman–Crippen MR) is 104 cm³/mol. The molecule has 26 heavy (non-hydrogen) atoms. The fourth-order valence-electron chi connectivity index (χ4n) is 3.44. The molecule has 2 rings (SSSR count). The van der Waals surface area contributed by atoms with Gasteiger partial charge in [0.1, 0.15) is 0 Å². The summed E-state index contributed by atoms with van der Waals surface area (Å²) < 4.78 is 26.8. The van der Waals surface area contributed by atoms with Crippen molar-refractivity contribution in [1.82, 2.24) is 4.31 Å². The molecule has 1 heterocycles. The second-order valence-electron chi connectivity index (χ2n) is 6.96. The Hall–Kier alpha value is -1.44. The molecule has 0 aromatic heterocycles. The molecule has 0 atom stereocenters. The van der Waals surface area contributed by atoms with E-state index in [0.717, 1.165) is 18.7 Å². The monoisotopic (exact) mass is 382 g/mol. The molecule has 0 radical (unpaired) electrons. The van der Waals surface area contributed by atoms with Gasteiger partial charge in [-0.2, -0.15) is 4.31 Å². The number of aryl methyl sites for hydroxylation is 1. The van der Waals surface area contributed by atoms with E-state index in [-0.39, 0.29) is 10.8 Å². The van der Waals surface area contributed by atoms with Gasteiger partial charge in [-0.05, 0) is 50.3 Å². The Bertz CT molecular complexity index is 707. The minimum Gasteiger partial charge on any atom is -0.327 e. The molecule has 0 unspecified atom stereocenters. The van der Waals surface area contributed by atoms with E-state index in [2.05, 4.69) is 5.32 Å². The fraction of sp³-hybridized carbons (Fsp3) is 0.632. The Morgan fingerprint density at radius 3 is 2.31 bits per heavy atom. The number of nitrogens with zero attached hydrogens (tertiary/aromatic N) is 1. The Morgan fingerprint density at radius 1 is 1.12 bits per heavy atom. The molecule has 2 N–H and O–H groups in total. The highest BCUT2D eigenvalue weighted by Gasteiger charge is 2.23. The van der Waals surface area contributed by atoms with E-state index in [4.69, 9.17) is 0 Å². The number of carbonyl (C=O) groups excluding carboxylic acids is 1. The quantitative estimate of drug-likeness (QED) is 0.749. The Morgan fingerprint density at radius 2 is 1.73 bits per heavy atom. The maximum absolute atomic E-state index is 12.7. The van der Waals surface area contributed by atoms with Gasteiger partial charge in [0, 0.05) is 18.8 Å². The summed E-state index contributed by atoms with van der Waals surface area (Å²) in [5.74, 6) is -0.0533. The number of quaternary nitrogens is 1. The standard InChI is InChI=1S/C19H31N3O3S/c1-4-22(5-2)26(24,25)17-11-10-16(3)18(14-17)20-19(23)15-21-12-8-6-7-9-13-21/h10-11,14H,4-9,12-13,15H2,1-3H3,(H,20,23)/p+1. The first-order valence-electron chi connectivity index (χ1n) is 9.62. The van der Waals surface area contributed by atoms with Gasteiger partial charge in [-0.15, -0.1) is 0 Å². The van der Waals surface area contributed by atoms with Crippen molar-refractivity contribution < 1.29 is 18.1 Å². The average molecular weight is 383 g/mol. The topological polar surface area (TPSA) is 70.9 Å². The Labute approximate surface area is 157 Å². The summed E-state index contributed by atoms with van der Waals surface area (Å²) in [6.07, 6.45) is 4.82. The second kappa shape index (κ2) is 9.48. The number of rotatable bonds is 7. The average Bonchev–Trinajstić information content (AvgIpc) is 2.86. The first-order chi connectivity index (χ1) is 12.4. The van der Waals surface area contributed by atoms with E-state index in [0.29, 0.717) is 25.3 Å². The van der Waals surface area contributed by atoms with Crippen LogP contribution in [0.4, 0.5) is 5.69 Å². The van der Waals surface area contributed by atoms with Gasteiger partial charge in [-0.3, -0.25) is 4.79 Å². The van der Waals surface area contributed by atoms with Crippen LogP contribution in [0.5, 0.6) is 0 Å². The van der Waals surface area contributed by atoms with Gasteiger partial charge < -0.3 is 10.2 Å². The molecule has 0 aliphatic carbocycles. The Balaban J connectivity index is 2.13. The number of sulfonamides is 1. The number of nitrogens with one attached hydrogen (secondary N) is 2. The van der Waals surface area contributed by atoms with Crippen molar-refractivity contribution in [2.75, 3.05) is 38.0 Å². The van der Waals surface area contributed by atoms with E-state index in [1.54, 1.807) is 18.2 Å². The lowest BCUT2D eigenvalue weighted by atomic mass is 10.2. The molecule has 1 saturated heterocycles.